The molecule has 2 aromatic rings. The van der Waals surface area contributed by atoms with Crippen molar-refractivity contribution in [2.24, 2.45) is 5.16 Å². The molecule has 1 aliphatic rings. The number of nitrogens with zero attached hydrogens (tertiary/aromatic N) is 2. The van der Waals surface area contributed by atoms with Crippen molar-refractivity contribution in [1.29, 1.82) is 0 Å². The summed E-state index contributed by atoms with van der Waals surface area (Å²) in [6.45, 7) is 1.64. The average Bonchev–Trinajstić information content (AvgIpc) is 3.05. The fourth-order valence-electron chi connectivity index (χ4n) is 2.55. The third kappa shape index (κ3) is 2.73. The van der Waals surface area contributed by atoms with E-state index in [9.17, 15) is 9.59 Å². The van der Waals surface area contributed by atoms with Crippen molar-refractivity contribution in [3.05, 3.63) is 63.1 Å². The minimum Gasteiger partial charge on any atom is -0.464 e. The Morgan fingerprint density at radius 1 is 1.35 bits per heavy atom. The van der Waals surface area contributed by atoms with Gasteiger partial charge in [0, 0.05) is 6.42 Å². The normalized spacial score (nSPS) is 16.6. The van der Waals surface area contributed by atoms with Gasteiger partial charge in [-0.25, -0.2) is 9.89 Å². The van der Waals surface area contributed by atoms with Crippen molar-refractivity contribution in [3.63, 3.8) is 0 Å². The van der Waals surface area contributed by atoms with E-state index in [0.717, 1.165) is 5.56 Å². The summed E-state index contributed by atoms with van der Waals surface area (Å²) in [7, 11) is 1.26. The average molecular weight is 313 g/mol. The standard InChI is InChI=1S/C16H15N3O4/c1-9-13(15(20)18-17-14(9)16(21)22-2)11-8-12(23-19-11)10-6-4-3-5-7-10/h3-7,12H,8H2,1-2H3,(H,18,20). The molecule has 1 unspecified atom stereocenters. The molecule has 0 spiro atoms. The van der Waals surface area contributed by atoms with Crippen LogP contribution in [-0.4, -0.2) is 29.0 Å². The highest BCUT2D eigenvalue weighted by Crippen LogP contribution is 2.29. The zero-order valence-electron chi connectivity index (χ0n) is 12.7. The summed E-state index contributed by atoms with van der Waals surface area (Å²) < 4.78 is 4.67. The SMILES string of the molecule is COC(=O)c1n[nH]c(=O)c(C2=NOC(c3ccccc3)C2)c1C. The first kappa shape index (κ1) is 15.0. The number of H-pyrrole nitrogens is 1. The number of esters is 1. The number of ether oxygens (including phenoxy) is 1. The van der Waals surface area contributed by atoms with Crippen molar-refractivity contribution in [3.8, 4) is 0 Å². The second-order valence-corrected chi connectivity index (χ2v) is 5.14. The summed E-state index contributed by atoms with van der Waals surface area (Å²) in [5.41, 5.74) is 1.85. The molecule has 0 radical (unpaired) electrons. The Labute approximate surface area is 131 Å². The predicted molar refractivity (Wildman–Crippen MR) is 82.4 cm³/mol. The van der Waals surface area contributed by atoms with Crippen LogP contribution in [0.4, 0.5) is 0 Å². The van der Waals surface area contributed by atoms with Crippen molar-refractivity contribution in [2.45, 2.75) is 19.4 Å². The third-order valence-corrected chi connectivity index (χ3v) is 3.73. The Bertz CT molecular complexity index is 827. The minimum atomic E-state index is -0.612. The van der Waals surface area contributed by atoms with Gasteiger partial charge in [-0.05, 0) is 18.1 Å². The molecule has 0 amide bonds. The van der Waals surface area contributed by atoms with Gasteiger partial charge < -0.3 is 9.57 Å². The fourth-order valence-corrected chi connectivity index (χ4v) is 2.55. The molecule has 0 bridgehead atoms. The van der Waals surface area contributed by atoms with E-state index in [0.29, 0.717) is 23.3 Å². The molecular formula is C16H15N3O4. The number of oxime groups is 1. The van der Waals surface area contributed by atoms with Crippen molar-refractivity contribution < 1.29 is 14.4 Å². The van der Waals surface area contributed by atoms with Gasteiger partial charge in [0.25, 0.3) is 5.56 Å². The molecule has 7 nitrogen and oxygen atoms in total. The van der Waals surface area contributed by atoms with Crippen LogP contribution >= 0.6 is 0 Å². The quantitative estimate of drug-likeness (QED) is 0.871. The highest BCUT2D eigenvalue weighted by Gasteiger charge is 2.28. The van der Waals surface area contributed by atoms with Gasteiger partial charge in [-0.2, -0.15) is 5.10 Å². The molecule has 3 rings (SSSR count). The van der Waals surface area contributed by atoms with Gasteiger partial charge in [-0.3, -0.25) is 4.79 Å². The first-order chi connectivity index (χ1) is 11.1. The summed E-state index contributed by atoms with van der Waals surface area (Å²) in [5.74, 6) is -0.612. The summed E-state index contributed by atoms with van der Waals surface area (Å²) in [6.07, 6.45) is 0.193. The van der Waals surface area contributed by atoms with E-state index in [1.807, 2.05) is 30.3 Å². The van der Waals surface area contributed by atoms with Gasteiger partial charge in [0.2, 0.25) is 0 Å². The van der Waals surface area contributed by atoms with Gasteiger partial charge in [0.1, 0.15) is 0 Å². The number of hydrogen-bond donors (Lipinski definition) is 1. The molecular weight excluding hydrogens is 298 g/mol. The molecule has 7 heteroatoms. The maximum atomic E-state index is 12.1. The molecule has 1 N–H and O–H groups in total. The smallest absolute Gasteiger partial charge is 0.358 e. The fraction of sp³-hybridized carbons (Fsp3) is 0.250. The number of aromatic amines is 1. The van der Waals surface area contributed by atoms with Crippen molar-refractivity contribution >= 4 is 11.7 Å². The van der Waals surface area contributed by atoms with Crippen LogP contribution in [0.25, 0.3) is 0 Å². The number of carbonyl (C=O) groups excluding carboxylic acids is 1. The first-order valence-corrected chi connectivity index (χ1v) is 7.07. The molecule has 0 aliphatic carbocycles. The number of nitrogens with one attached hydrogen (secondary N) is 1. The van der Waals surface area contributed by atoms with Crippen LogP contribution in [0, 0.1) is 6.92 Å². The lowest BCUT2D eigenvalue weighted by Gasteiger charge is -2.08. The Kier molecular flexibility index (Phi) is 3.92. The Balaban J connectivity index is 1.94. The predicted octanol–water partition coefficient (Wildman–Crippen LogP) is 1.73. The van der Waals surface area contributed by atoms with E-state index < -0.39 is 11.5 Å². The van der Waals surface area contributed by atoms with Gasteiger partial charge >= 0.3 is 5.97 Å². The largest absolute Gasteiger partial charge is 0.464 e. The molecule has 0 saturated heterocycles. The lowest BCUT2D eigenvalue weighted by atomic mass is 9.98. The maximum Gasteiger partial charge on any atom is 0.358 e. The van der Waals surface area contributed by atoms with Crippen molar-refractivity contribution in [2.75, 3.05) is 7.11 Å². The van der Waals surface area contributed by atoms with Crippen LogP contribution in [-0.2, 0) is 9.57 Å². The highest BCUT2D eigenvalue weighted by molar-refractivity contribution is 6.04. The number of rotatable bonds is 3. The summed E-state index contributed by atoms with van der Waals surface area (Å²) >= 11 is 0. The van der Waals surface area contributed by atoms with Crippen molar-refractivity contribution in [1.82, 2.24) is 10.2 Å². The summed E-state index contributed by atoms with van der Waals surface area (Å²) in [5, 5.41) is 10.1. The number of aromatic nitrogens is 2. The van der Waals surface area contributed by atoms with E-state index in [4.69, 9.17) is 4.84 Å². The molecule has 1 atom stereocenters. The molecule has 0 fully saturated rings. The lowest BCUT2D eigenvalue weighted by molar-refractivity contribution is 0.0591. The second-order valence-electron chi connectivity index (χ2n) is 5.14. The Hall–Kier alpha value is -2.96. The minimum absolute atomic E-state index is 0.0629. The highest BCUT2D eigenvalue weighted by atomic mass is 16.6. The van der Waals surface area contributed by atoms with E-state index >= 15 is 0 Å². The Morgan fingerprint density at radius 2 is 2.09 bits per heavy atom. The molecule has 1 aliphatic heterocycles. The maximum absolute atomic E-state index is 12.1. The van der Waals surface area contributed by atoms with Gasteiger partial charge in [-0.15, -0.1) is 0 Å². The second kappa shape index (κ2) is 6.04. The molecule has 1 aromatic heterocycles. The van der Waals surface area contributed by atoms with Crippen LogP contribution in [0.5, 0.6) is 0 Å². The number of hydrogen-bond acceptors (Lipinski definition) is 6. The number of carbonyl (C=O) groups is 1. The zero-order valence-corrected chi connectivity index (χ0v) is 12.7. The zero-order chi connectivity index (χ0) is 16.4. The van der Waals surface area contributed by atoms with Crippen LogP contribution < -0.4 is 5.56 Å². The topological polar surface area (TPSA) is 93.6 Å². The number of benzene rings is 1. The summed E-state index contributed by atoms with van der Waals surface area (Å²) in [6, 6.07) is 9.62. The van der Waals surface area contributed by atoms with E-state index in [-0.39, 0.29) is 11.8 Å². The van der Waals surface area contributed by atoms with Crippen LogP contribution in [0.1, 0.15) is 39.7 Å². The van der Waals surface area contributed by atoms with Gasteiger partial charge in [-0.1, -0.05) is 35.5 Å². The van der Waals surface area contributed by atoms with Crippen LogP contribution in [0.2, 0.25) is 0 Å². The number of methoxy groups -OCH3 is 1. The summed E-state index contributed by atoms with van der Waals surface area (Å²) in [4.78, 5) is 29.3. The molecule has 118 valence electrons. The third-order valence-electron chi connectivity index (χ3n) is 3.73. The molecule has 0 saturated carbocycles. The van der Waals surface area contributed by atoms with Gasteiger partial charge in [0.05, 0.1) is 18.4 Å². The molecule has 2 heterocycles. The monoisotopic (exact) mass is 313 g/mol. The molecule has 23 heavy (non-hydrogen) atoms. The van der Waals surface area contributed by atoms with E-state index in [1.54, 1.807) is 6.92 Å². The Morgan fingerprint density at radius 3 is 2.78 bits per heavy atom. The lowest BCUT2D eigenvalue weighted by Crippen LogP contribution is -2.25. The first-order valence-electron chi connectivity index (χ1n) is 7.07. The van der Waals surface area contributed by atoms with Crippen LogP contribution in [0.3, 0.4) is 0 Å². The molecule has 1 aromatic carbocycles. The van der Waals surface area contributed by atoms with Gasteiger partial charge in [0.15, 0.2) is 11.8 Å². The van der Waals surface area contributed by atoms with Crippen LogP contribution in [0.15, 0.2) is 40.3 Å². The van der Waals surface area contributed by atoms with E-state index in [2.05, 4.69) is 20.1 Å². The van der Waals surface area contributed by atoms with E-state index in [1.165, 1.54) is 7.11 Å².